The topological polar surface area (TPSA) is 237 Å². The number of halogens is 1. The van der Waals surface area contributed by atoms with Crippen LogP contribution in [0.4, 0.5) is 0 Å². The first-order chi connectivity index (χ1) is 36.2. The van der Waals surface area contributed by atoms with Gasteiger partial charge >= 0.3 is 5.97 Å². The van der Waals surface area contributed by atoms with Gasteiger partial charge < -0.3 is 43.6 Å². The molecule has 5 heterocycles. The van der Waals surface area contributed by atoms with Gasteiger partial charge in [-0.25, -0.2) is 14.5 Å². The zero-order valence-electron chi connectivity index (χ0n) is 43.4. The molecular weight excluding hydrogens is 1040 g/mol. The molecule has 8 rings (SSSR count). The van der Waals surface area contributed by atoms with Crippen LogP contribution in [-0.2, 0) is 48.0 Å². The number of quaternary nitrogens is 1. The normalized spacial score (nSPS) is 18.3. The van der Waals surface area contributed by atoms with Crippen LogP contribution >= 0.6 is 22.9 Å². The van der Waals surface area contributed by atoms with Crippen LogP contribution < -0.4 is 29.6 Å². The third-order valence-corrected chi connectivity index (χ3v) is 15.6. The van der Waals surface area contributed by atoms with E-state index < -0.39 is 57.1 Å². The molecule has 2 saturated heterocycles. The van der Waals surface area contributed by atoms with Crippen molar-refractivity contribution in [3.05, 3.63) is 110 Å². The summed E-state index contributed by atoms with van der Waals surface area (Å²) < 4.78 is 44.2. The molecular formula is C51H59BClN10O11S2+. The summed E-state index contributed by atoms with van der Waals surface area (Å²) in [6.45, 7) is 12.6. The molecule has 5 aromatic rings. The molecule has 0 bridgehead atoms. The van der Waals surface area contributed by atoms with Gasteiger partial charge in [-0.2, -0.15) is 0 Å². The minimum absolute atomic E-state index is 0.00281. The number of thiazole rings is 1. The van der Waals surface area contributed by atoms with E-state index in [0.717, 1.165) is 41.8 Å². The number of benzene rings is 3. The second kappa shape index (κ2) is 23.2. The van der Waals surface area contributed by atoms with Crippen LogP contribution in [0.3, 0.4) is 0 Å². The van der Waals surface area contributed by atoms with Gasteiger partial charge in [0.15, 0.2) is 17.2 Å². The summed E-state index contributed by atoms with van der Waals surface area (Å²) in [6, 6.07) is 16.8. The van der Waals surface area contributed by atoms with E-state index in [4.69, 9.17) is 48.1 Å². The van der Waals surface area contributed by atoms with E-state index in [1.165, 1.54) is 30.1 Å². The van der Waals surface area contributed by atoms with Crippen molar-refractivity contribution < 1.29 is 56.4 Å². The zero-order valence-corrected chi connectivity index (χ0v) is 45.8. The zero-order chi connectivity index (χ0) is 54.5. The maximum Gasteiger partial charge on any atom is 0.353 e. The van der Waals surface area contributed by atoms with Gasteiger partial charge in [-0.15, -0.1) is 21.5 Å². The van der Waals surface area contributed by atoms with Crippen molar-refractivity contribution >= 4 is 76.8 Å². The lowest BCUT2D eigenvalue weighted by Gasteiger charge is -2.50. The number of methoxy groups -OCH3 is 2. The van der Waals surface area contributed by atoms with Crippen LogP contribution in [0.15, 0.2) is 76.8 Å². The average Bonchev–Trinajstić information content (AvgIpc) is 4.21. The van der Waals surface area contributed by atoms with Gasteiger partial charge in [-0.3, -0.25) is 23.5 Å². The highest BCUT2D eigenvalue weighted by molar-refractivity contribution is 7.86. The number of oxime groups is 1. The van der Waals surface area contributed by atoms with Gasteiger partial charge in [0.25, 0.3) is 25.7 Å². The Balaban J connectivity index is 0.990. The number of nitrogens with one attached hydrogen (secondary N) is 2. The van der Waals surface area contributed by atoms with Crippen LogP contribution in [0, 0.1) is 6.92 Å². The first kappa shape index (κ1) is 55.3. The lowest BCUT2D eigenvalue weighted by Crippen LogP contribution is -2.73. The summed E-state index contributed by atoms with van der Waals surface area (Å²) in [4.78, 5) is 66.9. The first-order valence-corrected chi connectivity index (χ1v) is 27.0. The molecule has 76 heavy (non-hydrogen) atoms. The highest BCUT2D eigenvalue weighted by Gasteiger charge is 2.58. The number of aryl methyl sites for hydroxylation is 1. The Kier molecular flexibility index (Phi) is 16.9. The predicted octanol–water partition coefficient (Wildman–Crippen LogP) is 4.91. The van der Waals surface area contributed by atoms with Crippen LogP contribution in [0.5, 0.6) is 23.0 Å². The number of likely N-dealkylation sites (tertiary alicyclic amines) is 1. The molecule has 0 spiro atoms. The Morgan fingerprint density at radius 1 is 0.947 bits per heavy atom. The van der Waals surface area contributed by atoms with E-state index in [0.29, 0.717) is 51.1 Å². The molecule has 3 aliphatic heterocycles. The van der Waals surface area contributed by atoms with Crippen molar-refractivity contribution in [3.63, 3.8) is 0 Å². The Labute approximate surface area is 452 Å². The maximum absolute atomic E-state index is 14.4. The van der Waals surface area contributed by atoms with E-state index in [1.807, 2.05) is 48.5 Å². The Morgan fingerprint density at radius 3 is 2.17 bits per heavy atom. The molecule has 2 aromatic heterocycles. The quantitative estimate of drug-likeness (QED) is 0.0248. The van der Waals surface area contributed by atoms with Crippen molar-refractivity contribution in [3.8, 4) is 23.0 Å². The van der Waals surface area contributed by atoms with Crippen molar-refractivity contribution in [1.82, 2.24) is 40.6 Å². The summed E-state index contributed by atoms with van der Waals surface area (Å²) in [5, 5.41) is 23.4. The monoisotopic (exact) mass is 1100 g/mol. The molecule has 2 N–H and O–H groups in total. The first-order valence-electron chi connectivity index (χ1n) is 24.4. The molecule has 2 radical (unpaired) electrons. The van der Waals surface area contributed by atoms with E-state index in [9.17, 15) is 23.4 Å². The summed E-state index contributed by atoms with van der Waals surface area (Å²) in [5.41, 5.74) is 0.206. The number of hydrogen-bond acceptors (Lipinski definition) is 17. The van der Waals surface area contributed by atoms with E-state index in [-0.39, 0.29) is 59.1 Å². The molecule has 3 atom stereocenters. The van der Waals surface area contributed by atoms with Crippen molar-refractivity contribution in [2.24, 2.45) is 5.16 Å². The standard InChI is InChI=1S/C51H58BClN10O11S2/c1-30-55-37(28-75-30)40(59-74-51(5,6)49(67)73-50(2,3)4)46(65)56-41-47(66)61-42(44-57-60-62(52)58-44)33(29-76(68)48(41)61)25-63(22-9-10-23-63)24-21-54-45(64)36-19-20-38(71-26-31-11-15-34(69-7)16-12-31)43(39(36)53)72-27-32-13-17-35(70-8)18-14-32/h11-20,28,41,48H,9-10,21-27,29H2,1-8H3,(H-,54,56,64,65)/p+1/b59-40-/t41-,48-,76?/m1/s1. The lowest BCUT2D eigenvalue weighted by molar-refractivity contribution is -0.911. The largest absolute Gasteiger partial charge is 0.497 e. The number of ether oxygens (including phenoxy) is 5. The van der Waals surface area contributed by atoms with E-state index in [1.54, 1.807) is 59.4 Å². The van der Waals surface area contributed by atoms with Gasteiger partial charge in [-0.05, 0) is 89.1 Å². The smallest absolute Gasteiger partial charge is 0.353 e. The summed E-state index contributed by atoms with van der Waals surface area (Å²) in [6.07, 6.45) is 1.77. The SMILES string of the molecule is [B]n1nnc(C2=C(C[N+]3(CCNC(=O)c4ccc(OCc5ccc(OC)cc5)c(OCc5ccc(OC)cc5)c4Cl)CCCC3)CS(=O)[C@@H]3[C@H](NC(=O)/C(=N\OC(C)(C)C(=O)OC(C)(C)C)c4csc(C)n4)C(=O)N23)n1. The number of fused-ring (bicyclic) bond motifs is 1. The Bertz CT molecular complexity index is 3060. The number of amides is 3. The van der Waals surface area contributed by atoms with Crippen LogP contribution in [0.1, 0.15) is 85.5 Å². The molecule has 0 aliphatic carbocycles. The number of carbonyl (C=O) groups is 4. The van der Waals surface area contributed by atoms with Crippen molar-refractivity contribution in [2.45, 2.75) is 90.2 Å². The van der Waals surface area contributed by atoms with Gasteiger partial charge in [0.1, 0.15) is 54.0 Å². The molecule has 21 nitrogen and oxygen atoms in total. The molecule has 2 fully saturated rings. The fourth-order valence-electron chi connectivity index (χ4n) is 8.89. The summed E-state index contributed by atoms with van der Waals surface area (Å²) >= 11 is 8.28. The highest BCUT2D eigenvalue weighted by atomic mass is 35.5. The average molecular weight is 1100 g/mol. The summed E-state index contributed by atoms with van der Waals surface area (Å²) in [7, 11) is 7.33. The predicted molar refractivity (Wildman–Crippen MR) is 283 cm³/mol. The second-order valence-corrected chi connectivity index (χ2v) is 22.9. The minimum Gasteiger partial charge on any atom is -0.497 e. The lowest BCUT2D eigenvalue weighted by atomic mass is 10.0. The third-order valence-electron chi connectivity index (χ3n) is 12.8. The molecule has 3 aromatic carbocycles. The van der Waals surface area contributed by atoms with Crippen molar-refractivity contribution in [1.29, 1.82) is 0 Å². The number of β-lactam (4-membered cyclic amide) rings is 1. The number of nitrogens with zero attached hydrogens (tertiary/aromatic N) is 8. The van der Waals surface area contributed by atoms with Crippen molar-refractivity contribution in [2.75, 3.05) is 52.7 Å². The van der Waals surface area contributed by atoms with Gasteiger partial charge in [0.05, 0.1) is 78.2 Å². The van der Waals surface area contributed by atoms with Crippen LogP contribution in [-0.4, -0.2) is 151 Å². The molecule has 400 valence electrons. The number of carbonyl (C=O) groups excluding carboxylic acids is 4. The molecule has 3 aliphatic rings. The highest BCUT2D eigenvalue weighted by Crippen LogP contribution is 2.41. The van der Waals surface area contributed by atoms with Crippen LogP contribution in [0.2, 0.25) is 5.02 Å². The maximum atomic E-state index is 14.4. The molecule has 1 unspecified atom stereocenters. The number of hydrogen-bond donors (Lipinski definition) is 2. The number of esters is 1. The Morgan fingerprint density at radius 2 is 1.59 bits per heavy atom. The van der Waals surface area contributed by atoms with Gasteiger partial charge in [0.2, 0.25) is 11.4 Å². The molecule has 3 amide bonds. The minimum atomic E-state index is -1.75. The van der Waals surface area contributed by atoms with E-state index in [2.05, 4.69) is 36.2 Å². The third kappa shape index (κ3) is 12.7. The van der Waals surface area contributed by atoms with Gasteiger partial charge in [-0.1, -0.05) is 46.2 Å². The van der Waals surface area contributed by atoms with Gasteiger partial charge in [0, 0.05) is 23.8 Å². The van der Waals surface area contributed by atoms with Crippen LogP contribution in [0.25, 0.3) is 5.70 Å². The number of tetrazole rings is 1. The fraction of sp³-hybridized carbons (Fsp3) is 0.431. The Hall–Kier alpha value is -6.89. The van der Waals surface area contributed by atoms with E-state index >= 15 is 0 Å². The summed E-state index contributed by atoms with van der Waals surface area (Å²) in [5.74, 6) is -0.595. The number of rotatable bonds is 21. The molecule has 0 saturated carbocycles. The number of aromatic nitrogens is 5. The molecule has 25 heteroatoms. The second-order valence-electron chi connectivity index (χ2n) is 19.9. The fourth-order valence-corrected chi connectivity index (χ4v) is 11.5.